The molecular formula is C17H19NO5S. The molecule has 7 heteroatoms. The first-order chi connectivity index (χ1) is 11.2. The van der Waals surface area contributed by atoms with E-state index < -0.39 is 16.0 Å². The Morgan fingerprint density at radius 1 is 1.12 bits per heavy atom. The summed E-state index contributed by atoms with van der Waals surface area (Å²) in [5.74, 6) is -0.405. The van der Waals surface area contributed by atoms with Crippen molar-refractivity contribution < 1.29 is 23.1 Å². The minimum Gasteiger partial charge on any atom is -0.495 e. The van der Waals surface area contributed by atoms with Gasteiger partial charge in [-0.3, -0.25) is 4.72 Å². The molecule has 0 fully saturated rings. The molecule has 2 aromatic rings. The molecule has 0 aliphatic rings. The average Bonchev–Trinajstić information content (AvgIpc) is 2.54. The lowest BCUT2D eigenvalue weighted by Gasteiger charge is -2.14. The van der Waals surface area contributed by atoms with Crippen LogP contribution in [0.4, 0.5) is 5.69 Å². The molecule has 2 rings (SSSR count). The molecule has 2 N–H and O–H groups in total. The van der Waals surface area contributed by atoms with Gasteiger partial charge in [0.25, 0.3) is 10.0 Å². The van der Waals surface area contributed by atoms with Gasteiger partial charge in [0.1, 0.15) is 5.75 Å². The van der Waals surface area contributed by atoms with Gasteiger partial charge in [0, 0.05) is 0 Å². The standard InChI is InChI=1S/C17H19NO5S/c1-11(2)13-6-9-15(16(10-13)23-3)18-24(21,22)14-7-4-12(5-8-14)17(19)20/h4-11,18H,1-3H3,(H,19,20). The topological polar surface area (TPSA) is 92.7 Å². The van der Waals surface area contributed by atoms with Crippen molar-refractivity contribution in [1.82, 2.24) is 0 Å². The molecule has 0 spiro atoms. The fraction of sp³-hybridized carbons (Fsp3) is 0.235. The summed E-state index contributed by atoms with van der Waals surface area (Å²) in [6, 6.07) is 10.3. The van der Waals surface area contributed by atoms with Crippen LogP contribution in [0, 0.1) is 0 Å². The molecule has 2 aromatic carbocycles. The first-order valence-corrected chi connectivity index (χ1v) is 8.77. The molecule has 0 saturated carbocycles. The van der Waals surface area contributed by atoms with E-state index in [2.05, 4.69) is 4.72 Å². The smallest absolute Gasteiger partial charge is 0.335 e. The lowest BCUT2D eigenvalue weighted by molar-refractivity contribution is 0.0696. The molecule has 0 radical (unpaired) electrons. The SMILES string of the molecule is COc1cc(C(C)C)ccc1NS(=O)(=O)c1ccc(C(=O)O)cc1. The summed E-state index contributed by atoms with van der Waals surface area (Å²) in [5, 5.41) is 8.87. The second-order valence-electron chi connectivity index (χ2n) is 5.55. The molecular weight excluding hydrogens is 330 g/mol. The van der Waals surface area contributed by atoms with Crippen LogP contribution >= 0.6 is 0 Å². The highest BCUT2D eigenvalue weighted by atomic mass is 32.2. The first-order valence-electron chi connectivity index (χ1n) is 7.28. The van der Waals surface area contributed by atoms with Crippen molar-refractivity contribution in [2.24, 2.45) is 0 Å². The molecule has 6 nitrogen and oxygen atoms in total. The average molecular weight is 349 g/mol. The monoisotopic (exact) mass is 349 g/mol. The Kier molecular flexibility index (Phi) is 5.14. The van der Waals surface area contributed by atoms with Crippen molar-refractivity contribution in [2.45, 2.75) is 24.7 Å². The lowest BCUT2D eigenvalue weighted by Crippen LogP contribution is -2.14. The quantitative estimate of drug-likeness (QED) is 0.834. The molecule has 24 heavy (non-hydrogen) atoms. The van der Waals surface area contributed by atoms with E-state index in [9.17, 15) is 13.2 Å². The minimum absolute atomic E-state index is 0.0211. The van der Waals surface area contributed by atoms with Crippen molar-refractivity contribution >= 4 is 21.7 Å². The van der Waals surface area contributed by atoms with Gasteiger partial charge in [-0.2, -0.15) is 0 Å². The number of methoxy groups -OCH3 is 1. The predicted octanol–water partition coefficient (Wildman–Crippen LogP) is 3.32. The third-order valence-corrected chi connectivity index (χ3v) is 4.93. The molecule has 0 heterocycles. The number of aromatic carboxylic acids is 1. The van der Waals surface area contributed by atoms with Gasteiger partial charge in [0.2, 0.25) is 0 Å². The maximum atomic E-state index is 12.5. The number of sulfonamides is 1. The zero-order valence-corrected chi connectivity index (χ0v) is 14.4. The highest BCUT2D eigenvalue weighted by Crippen LogP contribution is 2.30. The second kappa shape index (κ2) is 6.92. The van der Waals surface area contributed by atoms with Crippen LogP contribution in [0.25, 0.3) is 0 Å². The third-order valence-electron chi connectivity index (χ3n) is 3.55. The Balaban J connectivity index is 2.33. The molecule has 0 aliphatic carbocycles. The van der Waals surface area contributed by atoms with Crippen molar-refractivity contribution in [2.75, 3.05) is 11.8 Å². The van der Waals surface area contributed by atoms with E-state index >= 15 is 0 Å². The highest BCUT2D eigenvalue weighted by molar-refractivity contribution is 7.92. The van der Waals surface area contributed by atoms with E-state index in [4.69, 9.17) is 9.84 Å². The lowest BCUT2D eigenvalue weighted by atomic mass is 10.0. The molecule has 0 atom stereocenters. The highest BCUT2D eigenvalue weighted by Gasteiger charge is 2.18. The molecule has 0 saturated heterocycles. The maximum Gasteiger partial charge on any atom is 0.335 e. The summed E-state index contributed by atoms with van der Waals surface area (Å²) in [6.45, 7) is 4.06. The zero-order chi connectivity index (χ0) is 17.9. The number of hydrogen-bond donors (Lipinski definition) is 2. The Morgan fingerprint density at radius 3 is 2.25 bits per heavy atom. The van der Waals surface area contributed by atoms with Crippen LogP contribution in [-0.2, 0) is 10.0 Å². The second-order valence-corrected chi connectivity index (χ2v) is 7.23. The van der Waals surface area contributed by atoms with Crippen molar-refractivity contribution in [3.05, 3.63) is 53.6 Å². The van der Waals surface area contributed by atoms with Gasteiger partial charge in [-0.05, 0) is 47.9 Å². The Labute approximate surface area is 141 Å². The molecule has 0 bridgehead atoms. The number of carbonyl (C=O) groups is 1. The molecule has 0 aromatic heterocycles. The maximum absolute atomic E-state index is 12.5. The third kappa shape index (κ3) is 3.86. The summed E-state index contributed by atoms with van der Waals surface area (Å²) < 4.78 is 32.6. The van der Waals surface area contributed by atoms with Crippen LogP contribution in [-0.4, -0.2) is 26.6 Å². The van der Waals surface area contributed by atoms with Crippen LogP contribution < -0.4 is 9.46 Å². The van der Waals surface area contributed by atoms with E-state index in [-0.39, 0.29) is 16.4 Å². The Morgan fingerprint density at radius 2 is 1.75 bits per heavy atom. The van der Waals surface area contributed by atoms with Crippen LogP contribution in [0.15, 0.2) is 47.4 Å². The zero-order valence-electron chi connectivity index (χ0n) is 13.6. The van der Waals surface area contributed by atoms with E-state index in [1.807, 2.05) is 19.9 Å². The molecule has 128 valence electrons. The molecule has 0 aliphatic heterocycles. The van der Waals surface area contributed by atoms with Gasteiger partial charge < -0.3 is 9.84 Å². The Bertz CT molecular complexity index is 842. The fourth-order valence-corrected chi connectivity index (χ4v) is 3.20. The largest absolute Gasteiger partial charge is 0.495 e. The van der Waals surface area contributed by atoms with Crippen LogP contribution in [0.5, 0.6) is 5.75 Å². The fourth-order valence-electron chi connectivity index (χ4n) is 2.13. The summed E-state index contributed by atoms with van der Waals surface area (Å²) in [7, 11) is -2.37. The van der Waals surface area contributed by atoms with Gasteiger partial charge in [0.05, 0.1) is 23.3 Å². The van der Waals surface area contributed by atoms with Gasteiger partial charge in [-0.1, -0.05) is 19.9 Å². The van der Waals surface area contributed by atoms with Crippen molar-refractivity contribution in [3.63, 3.8) is 0 Å². The number of anilines is 1. The summed E-state index contributed by atoms with van der Waals surface area (Å²) in [6.07, 6.45) is 0. The Hall–Kier alpha value is -2.54. The number of rotatable bonds is 6. The molecule has 0 unspecified atom stereocenters. The van der Waals surface area contributed by atoms with Crippen molar-refractivity contribution in [1.29, 1.82) is 0 Å². The predicted molar refractivity (Wildman–Crippen MR) is 91.3 cm³/mol. The normalized spacial score (nSPS) is 11.3. The summed E-state index contributed by atoms with van der Waals surface area (Å²) >= 11 is 0. The number of carboxylic acids is 1. The van der Waals surface area contributed by atoms with E-state index in [0.29, 0.717) is 11.4 Å². The van der Waals surface area contributed by atoms with Gasteiger partial charge in [-0.15, -0.1) is 0 Å². The van der Waals surface area contributed by atoms with Gasteiger partial charge >= 0.3 is 5.97 Å². The minimum atomic E-state index is -3.84. The number of benzene rings is 2. The summed E-state index contributed by atoms with van der Waals surface area (Å²) in [5.41, 5.74) is 1.37. The number of nitrogens with one attached hydrogen (secondary N) is 1. The van der Waals surface area contributed by atoms with E-state index in [0.717, 1.165) is 5.56 Å². The van der Waals surface area contributed by atoms with E-state index in [1.54, 1.807) is 12.1 Å². The molecule has 0 amide bonds. The first kappa shape index (κ1) is 17.8. The van der Waals surface area contributed by atoms with Crippen LogP contribution in [0.1, 0.15) is 35.7 Å². The van der Waals surface area contributed by atoms with Gasteiger partial charge in [0.15, 0.2) is 0 Å². The number of ether oxygens (including phenoxy) is 1. The van der Waals surface area contributed by atoms with Crippen LogP contribution in [0.3, 0.4) is 0 Å². The van der Waals surface area contributed by atoms with Crippen molar-refractivity contribution in [3.8, 4) is 5.75 Å². The number of hydrogen-bond acceptors (Lipinski definition) is 4. The van der Waals surface area contributed by atoms with Crippen LogP contribution in [0.2, 0.25) is 0 Å². The van der Waals surface area contributed by atoms with E-state index in [1.165, 1.54) is 31.4 Å². The van der Waals surface area contributed by atoms with Gasteiger partial charge in [-0.25, -0.2) is 13.2 Å². The summed E-state index contributed by atoms with van der Waals surface area (Å²) in [4.78, 5) is 10.8. The number of carboxylic acid groups (broad SMARTS) is 1.